The lowest BCUT2D eigenvalue weighted by atomic mass is 10.1. The van der Waals surface area contributed by atoms with E-state index in [4.69, 9.17) is 0 Å². The minimum absolute atomic E-state index is 0.000128. The quantitative estimate of drug-likeness (QED) is 0.571. The van der Waals surface area contributed by atoms with E-state index in [1.165, 1.54) is 36.1 Å². The van der Waals surface area contributed by atoms with E-state index in [-0.39, 0.29) is 28.7 Å². The summed E-state index contributed by atoms with van der Waals surface area (Å²) >= 11 is 0. The Morgan fingerprint density at radius 2 is 1.92 bits per heavy atom. The number of hydrogen-bond donors (Lipinski definition) is 0. The van der Waals surface area contributed by atoms with Crippen LogP contribution in [0, 0.1) is 10.1 Å². The molecule has 0 aromatic heterocycles. The van der Waals surface area contributed by atoms with E-state index in [0.29, 0.717) is 11.1 Å². The second kappa shape index (κ2) is 7.49. The van der Waals surface area contributed by atoms with Crippen LogP contribution in [0.2, 0.25) is 0 Å². The number of anilines is 1. The first-order chi connectivity index (χ1) is 12.1. The first-order valence-electron chi connectivity index (χ1n) is 7.62. The molecule has 0 aliphatic rings. The molecular weight excluding hydrogens is 356 g/mol. The molecule has 2 aromatic rings. The van der Waals surface area contributed by atoms with Crippen LogP contribution in [0.3, 0.4) is 0 Å². The van der Waals surface area contributed by atoms with Gasteiger partial charge in [0.05, 0.1) is 27.6 Å². The summed E-state index contributed by atoms with van der Waals surface area (Å²) in [5.74, 6) is -0.378. The van der Waals surface area contributed by atoms with Gasteiger partial charge in [-0.3, -0.25) is 14.9 Å². The van der Waals surface area contributed by atoms with Crippen molar-refractivity contribution in [3.63, 3.8) is 0 Å². The fourth-order valence-electron chi connectivity index (χ4n) is 2.56. The normalized spacial score (nSPS) is 11.0. The van der Waals surface area contributed by atoms with E-state index in [0.717, 1.165) is 6.26 Å². The third-order valence-electron chi connectivity index (χ3n) is 3.79. The molecule has 0 atom stereocenters. The van der Waals surface area contributed by atoms with Crippen molar-refractivity contribution in [2.75, 3.05) is 11.2 Å². The summed E-state index contributed by atoms with van der Waals surface area (Å²) in [6.45, 7) is 4.85. The molecule has 0 bridgehead atoms. The molecule has 0 heterocycles. The van der Waals surface area contributed by atoms with Crippen LogP contribution in [0.1, 0.15) is 18.1 Å². The van der Waals surface area contributed by atoms with Gasteiger partial charge in [-0.2, -0.15) is 0 Å². The van der Waals surface area contributed by atoms with Crippen LogP contribution in [0.5, 0.6) is 0 Å². The maximum Gasteiger partial charge on any atom is 0.276 e. The number of nitrogens with zero attached hydrogens (tertiary/aromatic N) is 2. The molecule has 0 aliphatic carbocycles. The number of carbonyl (C=O) groups is 1. The highest BCUT2D eigenvalue weighted by atomic mass is 32.2. The Labute approximate surface area is 151 Å². The molecule has 2 aromatic carbocycles. The van der Waals surface area contributed by atoms with E-state index in [2.05, 4.69) is 6.58 Å². The summed E-state index contributed by atoms with van der Waals surface area (Å²) in [5.41, 5.74) is 0.973. The van der Waals surface area contributed by atoms with Gasteiger partial charge in [0.15, 0.2) is 9.84 Å². The monoisotopic (exact) mass is 374 g/mol. The Kier molecular flexibility index (Phi) is 5.56. The van der Waals surface area contributed by atoms with Crippen molar-refractivity contribution in [3.8, 4) is 0 Å². The number of amides is 1. The molecule has 2 rings (SSSR count). The van der Waals surface area contributed by atoms with Crippen LogP contribution < -0.4 is 4.90 Å². The summed E-state index contributed by atoms with van der Waals surface area (Å²) < 4.78 is 24.0. The van der Waals surface area contributed by atoms with Crippen molar-refractivity contribution >= 4 is 33.2 Å². The average Bonchev–Trinajstić information content (AvgIpc) is 2.58. The maximum atomic E-state index is 12.2. The molecule has 0 fully saturated rings. The Balaban J connectivity index is 2.52. The standard InChI is InChI=1S/C18H18N2O5S/c1-4-15-10-9-14(11-17(15)20(22)23)12-19(13(2)21)16-7-5-6-8-18(16)26(3,24)25/h4-11H,1,12H2,2-3H3. The van der Waals surface area contributed by atoms with Gasteiger partial charge in [0.1, 0.15) is 0 Å². The molecule has 26 heavy (non-hydrogen) atoms. The first-order valence-corrected chi connectivity index (χ1v) is 9.51. The molecule has 136 valence electrons. The zero-order chi connectivity index (χ0) is 19.5. The van der Waals surface area contributed by atoms with Gasteiger partial charge in [-0.05, 0) is 23.8 Å². The van der Waals surface area contributed by atoms with Gasteiger partial charge < -0.3 is 4.90 Å². The number of rotatable bonds is 6. The predicted octanol–water partition coefficient (Wildman–Crippen LogP) is 3.19. The third kappa shape index (κ3) is 4.15. The lowest BCUT2D eigenvalue weighted by molar-refractivity contribution is -0.385. The Morgan fingerprint density at radius 3 is 2.46 bits per heavy atom. The fourth-order valence-corrected chi connectivity index (χ4v) is 3.44. The summed E-state index contributed by atoms with van der Waals surface area (Å²) in [4.78, 5) is 24.1. The topological polar surface area (TPSA) is 97.6 Å². The number of carbonyl (C=O) groups excluding carboxylic acids is 1. The van der Waals surface area contributed by atoms with Crippen LogP contribution in [0.15, 0.2) is 53.9 Å². The van der Waals surface area contributed by atoms with E-state index >= 15 is 0 Å². The van der Waals surface area contributed by atoms with Gasteiger partial charge in [0.25, 0.3) is 5.69 Å². The number of nitro benzene ring substituents is 1. The van der Waals surface area contributed by atoms with Crippen molar-refractivity contribution in [1.29, 1.82) is 0 Å². The van der Waals surface area contributed by atoms with Gasteiger partial charge in [-0.1, -0.05) is 30.9 Å². The largest absolute Gasteiger partial charge is 0.307 e. The predicted molar refractivity (Wildman–Crippen MR) is 99.6 cm³/mol. The summed E-state index contributed by atoms with van der Waals surface area (Å²) in [7, 11) is -3.55. The summed E-state index contributed by atoms with van der Waals surface area (Å²) in [6, 6.07) is 10.7. The molecule has 0 saturated heterocycles. The van der Waals surface area contributed by atoms with Crippen molar-refractivity contribution in [2.45, 2.75) is 18.4 Å². The van der Waals surface area contributed by atoms with Crippen LogP contribution in [0.4, 0.5) is 11.4 Å². The lowest BCUT2D eigenvalue weighted by Crippen LogP contribution is -2.29. The molecule has 8 heteroatoms. The van der Waals surface area contributed by atoms with Crippen LogP contribution >= 0.6 is 0 Å². The SMILES string of the molecule is C=Cc1ccc(CN(C(C)=O)c2ccccc2S(C)(=O)=O)cc1[N+](=O)[O-]. The maximum absolute atomic E-state index is 12.2. The van der Waals surface area contributed by atoms with Crippen LogP contribution in [0.25, 0.3) is 6.08 Å². The Bertz CT molecular complexity index is 983. The van der Waals surface area contributed by atoms with Crippen molar-refractivity contribution in [2.24, 2.45) is 0 Å². The highest BCUT2D eigenvalue weighted by Gasteiger charge is 2.22. The molecule has 0 unspecified atom stereocenters. The molecular formula is C18H18N2O5S. The van der Waals surface area contributed by atoms with Gasteiger partial charge >= 0.3 is 0 Å². The van der Waals surface area contributed by atoms with E-state index < -0.39 is 14.8 Å². The van der Waals surface area contributed by atoms with Gasteiger partial charge in [-0.25, -0.2) is 8.42 Å². The second-order valence-corrected chi connectivity index (χ2v) is 7.68. The van der Waals surface area contributed by atoms with E-state index in [1.807, 2.05) is 0 Å². The lowest BCUT2D eigenvalue weighted by Gasteiger charge is -2.23. The zero-order valence-electron chi connectivity index (χ0n) is 14.4. The van der Waals surface area contributed by atoms with E-state index in [1.54, 1.807) is 24.3 Å². The smallest absolute Gasteiger partial charge is 0.276 e. The highest BCUT2D eigenvalue weighted by molar-refractivity contribution is 7.90. The number of benzene rings is 2. The Hall–Kier alpha value is -3.00. The first kappa shape index (κ1) is 19.3. The number of para-hydroxylation sites is 1. The summed E-state index contributed by atoms with van der Waals surface area (Å²) in [5, 5.41) is 11.2. The second-order valence-electron chi connectivity index (χ2n) is 5.70. The van der Waals surface area contributed by atoms with Crippen molar-refractivity contribution in [3.05, 3.63) is 70.3 Å². The average molecular weight is 374 g/mol. The van der Waals surface area contributed by atoms with Crippen molar-refractivity contribution in [1.82, 2.24) is 0 Å². The molecule has 0 radical (unpaired) electrons. The zero-order valence-corrected chi connectivity index (χ0v) is 15.2. The van der Waals surface area contributed by atoms with Crippen LogP contribution in [-0.4, -0.2) is 25.5 Å². The van der Waals surface area contributed by atoms with Gasteiger partial charge in [0.2, 0.25) is 5.91 Å². The summed E-state index contributed by atoms with van der Waals surface area (Å²) in [6.07, 6.45) is 2.44. The molecule has 0 N–H and O–H groups in total. The highest BCUT2D eigenvalue weighted by Crippen LogP contribution is 2.28. The van der Waals surface area contributed by atoms with Gasteiger partial charge in [0, 0.05) is 19.2 Å². The number of hydrogen-bond acceptors (Lipinski definition) is 5. The number of sulfone groups is 1. The minimum Gasteiger partial charge on any atom is -0.307 e. The molecule has 7 nitrogen and oxygen atoms in total. The minimum atomic E-state index is -3.55. The molecule has 0 saturated carbocycles. The molecule has 0 aliphatic heterocycles. The fraction of sp³-hybridized carbons (Fsp3) is 0.167. The Morgan fingerprint density at radius 1 is 1.27 bits per heavy atom. The van der Waals surface area contributed by atoms with Crippen molar-refractivity contribution < 1.29 is 18.1 Å². The van der Waals surface area contributed by atoms with Gasteiger partial charge in [-0.15, -0.1) is 0 Å². The number of nitro groups is 1. The molecule has 0 spiro atoms. The third-order valence-corrected chi connectivity index (χ3v) is 4.93. The van der Waals surface area contributed by atoms with E-state index in [9.17, 15) is 23.3 Å². The molecule has 1 amide bonds. The van der Waals surface area contributed by atoms with Crippen LogP contribution in [-0.2, 0) is 21.2 Å².